The van der Waals surface area contributed by atoms with Crippen LogP contribution in [0.4, 0.5) is 0 Å². The minimum atomic E-state index is 0.754. The summed E-state index contributed by atoms with van der Waals surface area (Å²) in [4.78, 5) is 2.64. The van der Waals surface area contributed by atoms with Crippen molar-refractivity contribution in [3.05, 3.63) is 0 Å². The number of nitrogens with one attached hydrogen (secondary N) is 1. The van der Waals surface area contributed by atoms with Gasteiger partial charge in [0.15, 0.2) is 0 Å². The molecule has 3 heteroatoms. The third kappa shape index (κ3) is 8.23. The molecule has 1 saturated carbocycles. The van der Waals surface area contributed by atoms with Crippen molar-refractivity contribution in [3.63, 3.8) is 0 Å². The zero-order chi connectivity index (χ0) is 14.8. The van der Waals surface area contributed by atoms with Crippen LogP contribution in [0.1, 0.15) is 52.9 Å². The summed E-state index contributed by atoms with van der Waals surface area (Å²) in [6.07, 6.45) is 6.84. The molecule has 1 rings (SSSR count). The van der Waals surface area contributed by atoms with E-state index in [1.54, 1.807) is 7.11 Å². The fraction of sp³-hybridized carbons (Fsp3) is 1.00. The lowest BCUT2D eigenvalue weighted by Crippen LogP contribution is -2.38. The van der Waals surface area contributed by atoms with Crippen LogP contribution in [-0.2, 0) is 4.74 Å². The second-order valence-corrected chi connectivity index (χ2v) is 6.77. The molecule has 0 aromatic rings. The Morgan fingerprint density at radius 3 is 2.45 bits per heavy atom. The molecule has 0 aromatic carbocycles. The van der Waals surface area contributed by atoms with Crippen LogP contribution in [0.2, 0.25) is 0 Å². The molecular formula is C17H36N2O. The van der Waals surface area contributed by atoms with Crippen molar-refractivity contribution in [1.29, 1.82) is 0 Å². The van der Waals surface area contributed by atoms with E-state index in [4.69, 9.17) is 4.74 Å². The van der Waals surface area contributed by atoms with E-state index in [1.165, 1.54) is 45.2 Å². The number of nitrogens with zero attached hydrogens (tertiary/aromatic N) is 1. The summed E-state index contributed by atoms with van der Waals surface area (Å²) >= 11 is 0. The molecule has 0 saturated heterocycles. The smallest absolute Gasteiger partial charge is 0.0589 e. The predicted molar refractivity (Wildman–Crippen MR) is 87.2 cm³/mol. The van der Waals surface area contributed by atoms with Crippen LogP contribution in [0.5, 0.6) is 0 Å². The molecule has 120 valence electrons. The number of unbranched alkanes of at least 4 members (excludes halogenated alkanes) is 2. The van der Waals surface area contributed by atoms with Crippen molar-refractivity contribution >= 4 is 0 Å². The SMILES string of the molecule is COCCN(CCCCCNCC(C)C)C(C)C1CC1. The van der Waals surface area contributed by atoms with Gasteiger partial charge < -0.3 is 10.1 Å². The second kappa shape index (κ2) is 10.6. The molecule has 0 aromatic heterocycles. The predicted octanol–water partition coefficient (Wildman–Crippen LogP) is 3.15. The summed E-state index contributed by atoms with van der Waals surface area (Å²) in [7, 11) is 1.81. The molecule has 0 amide bonds. The summed E-state index contributed by atoms with van der Waals surface area (Å²) in [6.45, 7) is 12.5. The molecule has 3 nitrogen and oxygen atoms in total. The Morgan fingerprint density at radius 1 is 1.10 bits per heavy atom. The highest BCUT2D eigenvalue weighted by Gasteiger charge is 2.31. The Hall–Kier alpha value is -0.120. The van der Waals surface area contributed by atoms with Gasteiger partial charge in [0.2, 0.25) is 0 Å². The van der Waals surface area contributed by atoms with E-state index in [-0.39, 0.29) is 0 Å². The maximum atomic E-state index is 5.25. The normalized spacial score (nSPS) is 17.1. The van der Waals surface area contributed by atoms with Gasteiger partial charge >= 0.3 is 0 Å². The molecule has 1 fully saturated rings. The van der Waals surface area contributed by atoms with Crippen molar-refractivity contribution in [2.45, 2.75) is 58.9 Å². The Labute approximate surface area is 126 Å². The summed E-state index contributed by atoms with van der Waals surface area (Å²) < 4.78 is 5.25. The number of methoxy groups -OCH3 is 1. The molecule has 1 N–H and O–H groups in total. The van der Waals surface area contributed by atoms with Gasteiger partial charge in [-0.1, -0.05) is 20.3 Å². The number of rotatable bonds is 13. The number of hydrogen-bond donors (Lipinski definition) is 1. The quantitative estimate of drug-likeness (QED) is 0.526. The molecule has 1 unspecified atom stereocenters. The summed E-state index contributed by atoms with van der Waals surface area (Å²) in [5.41, 5.74) is 0. The van der Waals surface area contributed by atoms with E-state index in [0.29, 0.717) is 0 Å². The maximum absolute atomic E-state index is 5.25. The lowest BCUT2D eigenvalue weighted by Gasteiger charge is -2.29. The van der Waals surface area contributed by atoms with E-state index >= 15 is 0 Å². The van der Waals surface area contributed by atoms with Crippen LogP contribution in [0.3, 0.4) is 0 Å². The maximum Gasteiger partial charge on any atom is 0.0589 e. The fourth-order valence-electron chi connectivity index (χ4n) is 2.74. The van der Waals surface area contributed by atoms with Gasteiger partial charge in [0.05, 0.1) is 6.61 Å². The van der Waals surface area contributed by atoms with Gasteiger partial charge in [-0.05, 0) is 64.1 Å². The molecular weight excluding hydrogens is 248 g/mol. The highest BCUT2D eigenvalue weighted by Crippen LogP contribution is 2.35. The lowest BCUT2D eigenvalue weighted by molar-refractivity contribution is 0.115. The zero-order valence-corrected chi connectivity index (χ0v) is 14.2. The minimum absolute atomic E-state index is 0.754. The molecule has 0 aliphatic heterocycles. The van der Waals surface area contributed by atoms with Crippen LogP contribution in [0.25, 0.3) is 0 Å². The van der Waals surface area contributed by atoms with Gasteiger partial charge in [-0.15, -0.1) is 0 Å². The monoisotopic (exact) mass is 284 g/mol. The van der Waals surface area contributed by atoms with Crippen molar-refractivity contribution in [1.82, 2.24) is 10.2 Å². The Bertz CT molecular complexity index is 229. The molecule has 0 radical (unpaired) electrons. The molecule has 1 atom stereocenters. The average Bonchev–Trinajstić information content (AvgIpc) is 3.24. The van der Waals surface area contributed by atoms with Crippen molar-refractivity contribution in [2.75, 3.05) is 39.9 Å². The molecule has 20 heavy (non-hydrogen) atoms. The molecule has 0 heterocycles. The van der Waals surface area contributed by atoms with Gasteiger partial charge in [0.1, 0.15) is 0 Å². The van der Waals surface area contributed by atoms with Crippen molar-refractivity contribution < 1.29 is 4.74 Å². The Kier molecular flexibility index (Phi) is 9.49. The van der Waals surface area contributed by atoms with E-state index in [1.807, 2.05) is 0 Å². The first-order valence-electron chi connectivity index (χ1n) is 8.58. The van der Waals surface area contributed by atoms with Crippen LogP contribution < -0.4 is 5.32 Å². The molecule has 1 aliphatic carbocycles. The van der Waals surface area contributed by atoms with E-state index in [9.17, 15) is 0 Å². The second-order valence-electron chi connectivity index (χ2n) is 6.77. The third-order valence-electron chi connectivity index (χ3n) is 4.31. The first-order chi connectivity index (χ1) is 9.65. The standard InChI is InChI=1S/C17H36N2O/c1-15(2)14-18-10-6-5-7-11-19(12-13-20-4)16(3)17-8-9-17/h15-18H,5-14H2,1-4H3. The van der Waals surface area contributed by atoms with Crippen LogP contribution in [0, 0.1) is 11.8 Å². The summed E-state index contributed by atoms with van der Waals surface area (Å²) in [5, 5.41) is 3.52. The van der Waals surface area contributed by atoms with Crippen molar-refractivity contribution in [2.24, 2.45) is 11.8 Å². The third-order valence-corrected chi connectivity index (χ3v) is 4.31. The average molecular weight is 284 g/mol. The first kappa shape index (κ1) is 17.9. The van der Waals surface area contributed by atoms with Crippen LogP contribution in [-0.4, -0.2) is 50.8 Å². The molecule has 0 spiro atoms. The fourth-order valence-corrected chi connectivity index (χ4v) is 2.74. The first-order valence-corrected chi connectivity index (χ1v) is 8.58. The van der Waals surface area contributed by atoms with Crippen molar-refractivity contribution in [3.8, 4) is 0 Å². The number of ether oxygens (including phenoxy) is 1. The van der Waals surface area contributed by atoms with E-state index in [0.717, 1.165) is 37.6 Å². The van der Waals surface area contributed by atoms with Gasteiger partial charge in [-0.2, -0.15) is 0 Å². The lowest BCUT2D eigenvalue weighted by atomic mass is 10.1. The van der Waals surface area contributed by atoms with Gasteiger partial charge in [-0.3, -0.25) is 4.90 Å². The van der Waals surface area contributed by atoms with Gasteiger partial charge in [0.25, 0.3) is 0 Å². The van der Waals surface area contributed by atoms with Gasteiger partial charge in [-0.25, -0.2) is 0 Å². The Morgan fingerprint density at radius 2 is 1.85 bits per heavy atom. The highest BCUT2D eigenvalue weighted by atomic mass is 16.5. The zero-order valence-electron chi connectivity index (χ0n) is 14.2. The minimum Gasteiger partial charge on any atom is -0.383 e. The molecule has 1 aliphatic rings. The highest BCUT2D eigenvalue weighted by molar-refractivity contribution is 4.85. The largest absolute Gasteiger partial charge is 0.383 e. The Balaban J connectivity index is 2.05. The topological polar surface area (TPSA) is 24.5 Å². The van der Waals surface area contributed by atoms with E-state index in [2.05, 4.69) is 31.0 Å². The summed E-state index contributed by atoms with van der Waals surface area (Å²) in [6, 6.07) is 0.754. The van der Waals surface area contributed by atoms with Crippen LogP contribution >= 0.6 is 0 Å². The number of hydrogen-bond acceptors (Lipinski definition) is 3. The van der Waals surface area contributed by atoms with Gasteiger partial charge in [0, 0.05) is 19.7 Å². The van der Waals surface area contributed by atoms with E-state index < -0.39 is 0 Å². The summed E-state index contributed by atoms with van der Waals surface area (Å²) in [5.74, 6) is 1.72. The molecule has 0 bridgehead atoms. The van der Waals surface area contributed by atoms with Crippen LogP contribution in [0.15, 0.2) is 0 Å².